The van der Waals surface area contributed by atoms with Crippen molar-refractivity contribution in [2.75, 3.05) is 13.1 Å². The number of aromatic nitrogens is 3. The van der Waals surface area contributed by atoms with Gasteiger partial charge in [-0.25, -0.2) is 14.1 Å². The molecule has 1 atom stereocenters. The fourth-order valence-corrected chi connectivity index (χ4v) is 3.83. The van der Waals surface area contributed by atoms with E-state index in [2.05, 4.69) is 27.6 Å². The molecule has 2 heterocycles. The van der Waals surface area contributed by atoms with E-state index in [1.165, 1.54) is 6.07 Å². The zero-order valence-corrected chi connectivity index (χ0v) is 18.7. The molecule has 6 nitrogen and oxygen atoms in total. The maximum Gasteiger partial charge on any atom is 0.191 e. The second kappa shape index (κ2) is 8.75. The number of benzene rings is 1. The number of guanidine groups is 1. The first kappa shape index (κ1) is 21.0. The summed E-state index contributed by atoms with van der Waals surface area (Å²) in [5, 5.41) is 11.3. The summed E-state index contributed by atoms with van der Waals surface area (Å²) in [6.07, 6.45) is 4.18. The lowest BCUT2D eigenvalue weighted by Gasteiger charge is -2.25. The molecule has 0 radical (unpaired) electrons. The fraction of sp³-hybridized carbons (Fsp3) is 0.550. The van der Waals surface area contributed by atoms with Crippen molar-refractivity contribution in [3.05, 3.63) is 47.3 Å². The number of rotatable bonds is 5. The summed E-state index contributed by atoms with van der Waals surface area (Å²) in [5.74, 6) is 2.41. The van der Waals surface area contributed by atoms with Crippen LogP contribution in [0.25, 0.3) is 0 Å². The molecule has 2 aliphatic rings. The molecule has 0 amide bonds. The minimum absolute atomic E-state index is 0. The highest BCUT2D eigenvalue weighted by Crippen LogP contribution is 2.48. The molecule has 1 aromatic carbocycles. The van der Waals surface area contributed by atoms with E-state index in [9.17, 15) is 4.39 Å². The van der Waals surface area contributed by atoms with Gasteiger partial charge in [0.25, 0.3) is 0 Å². The van der Waals surface area contributed by atoms with E-state index >= 15 is 0 Å². The maximum absolute atomic E-state index is 13.6. The van der Waals surface area contributed by atoms with E-state index in [4.69, 9.17) is 4.99 Å². The van der Waals surface area contributed by atoms with E-state index in [0.29, 0.717) is 6.54 Å². The topological polar surface area (TPSA) is 67.1 Å². The van der Waals surface area contributed by atoms with Crippen LogP contribution in [0, 0.1) is 12.7 Å². The minimum atomic E-state index is -0.176. The molecule has 0 spiro atoms. The summed E-state index contributed by atoms with van der Waals surface area (Å²) in [6.45, 7) is 6.36. The number of aryl methyl sites for hydroxylation is 2. The van der Waals surface area contributed by atoms with Gasteiger partial charge in [-0.05, 0) is 57.2 Å². The number of nitrogens with zero attached hydrogens (tertiary/aromatic N) is 4. The highest BCUT2D eigenvalue weighted by Gasteiger charge is 2.44. The van der Waals surface area contributed by atoms with E-state index in [1.54, 1.807) is 12.1 Å². The molecule has 152 valence electrons. The normalized spacial score (nSPS) is 20.1. The Kier molecular flexibility index (Phi) is 6.57. The van der Waals surface area contributed by atoms with Crippen molar-refractivity contribution in [1.82, 2.24) is 25.4 Å². The van der Waals surface area contributed by atoms with Crippen LogP contribution in [0.1, 0.15) is 55.9 Å². The zero-order chi connectivity index (χ0) is 18.9. The quantitative estimate of drug-likeness (QED) is 0.377. The Labute approximate surface area is 182 Å². The number of aliphatic imine (C=N–C) groups is 1. The van der Waals surface area contributed by atoms with E-state index < -0.39 is 0 Å². The molecule has 1 aliphatic heterocycles. The summed E-state index contributed by atoms with van der Waals surface area (Å²) in [6, 6.07) is 7.06. The number of fused-ring (bicyclic) bond motifs is 1. The number of nitrogens with one attached hydrogen (secondary N) is 2. The molecule has 28 heavy (non-hydrogen) atoms. The zero-order valence-electron chi connectivity index (χ0n) is 16.4. The second-order valence-corrected chi connectivity index (χ2v) is 7.57. The minimum Gasteiger partial charge on any atom is -0.357 e. The number of hydrogen-bond donors (Lipinski definition) is 2. The third-order valence-electron chi connectivity index (χ3n) is 5.47. The van der Waals surface area contributed by atoms with Crippen molar-refractivity contribution in [3.8, 4) is 0 Å². The van der Waals surface area contributed by atoms with Gasteiger partial charge in [0, 0.05) is 18.5 Å². The first-order valence-electron chi connectivity index (χ1n) is 9.82. The van der Waals surface area contributed by atoms with Crippen molar-refractivity contribution in [1.29, 1.82) is 0 Å². The van der Waals surface area contributed by atoms with Crippen molar-refractivity contribution >= 4 is 29.9 Å². The number of halogens is 2. The second-order valence-electron chi connectivity index (χ2n) is 7.57. The van der Waals surface area contributed by atoms with E-state index in [-0.39, 0.29) is 41.3 Å². The Morgan fingerprint density at radius 1 is 1.39 bits per heavy atom. The molecule has 1 saturated carbocycles. The third-order valence-corrected chi connectivity index (χ3v) is 5.47. The average Bonchev–Trinajstić information content (AvgIpc) is 3.34. The first-order valence-corrected chi connectivity index (χ1v) is 9.82. The monoisotopic (exact) mass is 498 g/mol. The highest BCUT2D eigenvalue weighted by atomic mass is 127. The summed E-state index contributed by atoms with van der Waals surface area (Å²) in [5.41, 5.74) is 1.03. The molecular weight excluding hydrogens is 470 g/mol. The fourth-order valence-electron chi connectivity index (χ4n) is 3.83. The van der Waals surface area contributed by atoms with Crippen LogP contribution in [0.4, 0.5) is 4.39 Å². The van der Waals surface area contributed by atoms with Gasteiger partial charge in [0.05, 0.1) is 12.6 Å². The Hall–Kier alpha value is -1.71. The van der Waals surface area contributed by atoms with Crippen LogP contribution >= 0.6 is 24.0 Å². The molecule has 1 fully saturated rings. The summed E-state index contributed by atoms with van der Waals surface area (Å²) < 4.78 is 15.6. The lowest BCUT2D eigenvalue weighted by Crippen LogP contribution is -2.42. The van der Waals surface area contributed by atoms with Crippen molar-refractivity contribution in [3.63, 3.8) is 0 Å². The van der Waals surface area contributed by atoms with Crippen LogP contribution in [-0.2, 0) is 12.0 Å². The Morgan fingerprint density at radius 3 is 2.93 bits per heavy atom. The molecule has 0 saturated heterocycles. The van der Waals surface area contributed by atoms with Crippen LogP contribution in [0.5, 0.6) is 0 Å². The first-order chi connectivity index (χ1) is 13.1. The lowest BCUT2D eigenvalue weighted by atomic mass is 9.96. The Morgan fingerprint density at radius 2 is 2.21 bits per heavy atom. The Bertz CT molecular complexity index is 845. The van der Waals surface area contributed by atoms with Gasteiger partial charge < -0.3 is 10.6 Å². The van der Waals surface area contributed by atoms with Crippen molar-refractivity contribution in [2.24, 2.45) is 4.99 Å². The van der Waals surface area contributed by atoms with Crippen molar-refractivity contribution < 1.29 is 4.39 Å². The van der Waals surface area contributed by atoms with Gasteiger partial charge in [-0.1, -0.05) is 12.1 Å². The van der Waals surface area contributed by atoms with Gasteiger partial charge in [0.2, 0.25) is 0 Å². The average molecular weight is 498 g/mol. The smallest absolute Gasteiger partial charge is 0.191 e. The molecule has 4 rings (SSSR count). The largest absolute Gasteiger partial charge is 0.357 e. The summed E-state index contributed by atoms with van der Waals surface area (Å²) in [4.78, 5) is 9.43. The van der Waals surface area contributed by atoms with Gasteiger partial charge in [0.15, 0.2) is 5.96 Å². The van der Waals surface area contributed by atoms with Gasteiger partial charge in [-0.2, -0.15) is 5.10 Å². The molecule has 2 N–H and O–H groups in total. The standard InChI is InChI=1S/C20H27FN6.HI/c1-3-22-19(25-17-8-5-11-27-18(17)24-14(2)26-27)23-13-20(9-10-20)15-6-4-7-16(21)12-15;/h4,6-7,12,17H,3,5,8-11,13H2,1-2H3,(H2,22,23,25);1H. The van der Waals surface area contributed by atoms with E-state index in [1.807, 2.05) is 17.7 Å². The van der Waals surface area contributed by atoms with Crippen molar-refractivity contribution in [2.45, 2.75) is 57.5 Å². The summed E-state index contributed by atoms with van der Waals surface area (Å²) in [7, 11) is 0. The molecule has 1 aromatic heterocycles. The van der Waals surface area contributed by atoms with Crippen LogP contribution in [-0.4, -0.2) is 33.8 Å². The van der Waals surface area contributed by atoms with Gasteiger partial charge in [-0.15, -0.1) is 24.0 Å². The molecule has 8 heteroatoms. The molecule has 1 unspecified atom stereocenters. The van der Waals surface area contributed by atoms with Crippen LogP contribution in [0.3, 0.4) is 0 Å². The summed E-state index contributed by atoms with van der Waals surface area (Å²) >= 11 is 0. The lowest BCUT2D eigenvalue weighted by molar-refractivity contribution is 0.397. The predicted octanol–water partition coefficient (Wildman–Crippen LogP) is 3.47. The molecule has 0 bridgehead atoms. The SMILES string of the molecule is CCNC(=NCC1(c2cccc(F)c2)CC1)NC1CCCn2nc(C)nc21.I. The van der Waals surface area contributed by atoms with Gasteiger partial charge >= 0.3 is 0 Å². The maximum atomic E-state index is 13.6. The number of hydrogen-bond acceptors (Lipinski definition) is 3. The molecular formula is C20H28FIN6. The van der Waals surface area contributed by atoms with Crippen LogP contribution in [0.15, 0.2) is 29.3 Å². The van der Waals surface area contributed by atoms with Crippen LogP contribution in [0.2, 0.25) is 0 Å². The van der Waals surface area contributed by atoms with Gasteiger partial charge in [0.1, 0.15) is 17.5 Å². The predicted molar refractivity (Wildman–Crippen MR) is 119 cm³/mol. The van der Waals surface area contributed by atoms with Crippen LogP contribution < -0.4 is 10.6 Å². The van der Waals surface area contributed by atoms with E-state index in [0.717, 1.165) is 61.9 Å². The molecule has 1 aliphatic carbocycles. The highest BCUT2D eigenvalue weighted by molar-refractivity contribution is 14.0. The van der Waals surface area contributed by atoms with Gasteiger partial charge in [-0.3, -0.25) is 4.99 Å². The molecule has 2 aromatic rings. The Balaban J connectivity index is 0.00000225. The third kappa shape index (κ3) is 4.47.